The van der Waals surface area contributed by atoms with Gasteiger partial charge in [0.25, 0.3) is 0 Å². The average Bonchev–Trinajstić information content (AvgIpc) is 2.20. The Morgan fingerprint density at radius 2 is 2.36 bits per heavy atom. The van der Waals surface area contributed by atoms with Crippen LogP contribution in [0.1, 0.15) is 5.56 Å². The molecule has 1 aromatic carbocycles. The SMILES string of the molecule is N#Cc1ccc(NC(=O)CN)c(Cl)c1. The van der Waals surface area contributed by atoms with Crippen LogP contribution < -0.4 is 11.1 Å². The lowest BCUT2D eigenvalue weighted by Gasteiger charge is -2.05. The molecular weight excluding hydrogens is 202 g/mol. The van der Waals surface area contributed by atoms with E-state index in [2.05, 4.69) is 5.32 Å². The third-order valence-electron chi connectivity index (χ3n) is 1.56. The van der Waals surface area contributed by atoms with E-state index in [9.17, 15) is 4.79 Å². The number of nitrogens with zero attached hydrogens (tertiary/aromatic N) is 1. The van der Waals surface area contributed by atoms with Gasteiger partial charge in [0.1, 0.15) is 0 Å². The van der Waals surface area contributed by atoms with Gasteiger partial charge in [-0.3, -0.25) is 4.79 Å². The van der Waals surface area contributed by atoms with Crippen LogP contribution in [0.5, 0.6) is 0 Å². The second-order valence-electron chi connectivity index (χ2n) is 2.56. The summed E-state index contributed by atoms with van der Waals surface area (Å²) in [6, 6.07) is 6.55. The summed E-state index contributed by atoms with van der Waals surface area (Å²) >= 11 is 5.80. The van der Waals surface area contributed by atoms with Gasteiger partial charge < -0.3 is 11.1 Å². The lowest BCUT2D eigenvalue weighted by molar-refractivity contribution is -0.114. The number of halogens is 1. The maximum Gasteiger partial charge on any atom is 0.238 e. The van der Waals surface area contributed by atoms with E-state index in [0.717, 1.165) is 0 Å². The fourth-order valence-corrected chi connectivity index (χ4v) is 1.12. The van der Waals surface area contributed by atoms with E-state index in [4.69, 9.17) is 22.6 Å². The van der Waals surface area contributed by atoms with Gasteiger partial charge in [-0.15, -0.1) is 0 Å². The minimum Gasteiger partial charge on any atom is -0.324 e. The van der Waals surface area contributed by atoms with Gasteiger partial charge >= 0.3 is 0 Å². The number of benzene rings is 1. The molecular formula is C9H8ClN3O. The Morgan fingerprint density at radius 1 is 1.64 bits per heavy atom. The molecule has 0 spiro atoms. The van der Waals surface area contributed by atoms with Crippen LogP contribution in [0, 0.1) is 11.3 Å². The molecule has 0 saturated heterocycles. The van der Waals surface area contributed by atoms with E-state index in [-0.39, 0.29) is 12.5 Å². The number of anilines is 1. The van der Waals surface area contributed by atoms with Crippen LogP contribution >= 0.6 is 11.6 Å². The van der Waals surface area contributed by atoms with Crippen molar-refractivity contribution < 1.29 is 4.79 Å². The van der Waals surface area contributed by atoms with Crippen molar-refractivity contribution in [3.05, 3.63) is 28.8 Å². The molecule has 0 aliphatic carbocycles. The van der Waals surface area contributed by atoms with E-state index in [1.807, 2.05) is 6.07 Å². The first-order valence-electron chi connectivity index (χ1n) is 3.87. The normalized spacial score (nSPS) is 9.21. The molecule has 1 aromatic rings. The zero-order valence-corrected chi connectivity index (χ0v) is 8.01. The summed E-state index contributed by atoms with van der Waals surface area (Å²) in [5.74, 6) is -0.323. The summed E-state index contributed by atoms with van der Waals surface area (Å²) in [7, 11) is 0. The Kier molecular flexibility index (Phi) is 3.46. The highest BCUT2D eigenvalue weighted by Gasteiger charge is 2.04. The Bertz CT molecular complexity index is 398. The summed E-state index contributed by atoms with van der Waals surface area (Å²) in [4.78, 5) is 10.9. The van der Waals surface area contributed by atoms with Gasteiger partial charge in [0.15, 0.2) is 0 Å². The lowest BCUT2D eigenvalue weighted by atomic mass is 10.2. The molecule has 3 N–H and O–H groups in total. The van der Waals surface area contributed by atoms with E-state index in [1.165, 1.54) is 6.07 Å². The zero-order chi connectivity index (χ0) is 10.6. The maximum absolute atomic E-state index is 10.9. The lowest BCUT2D eigenvalue weighted by Crippen LogP contribution is -2.21. The molecule has 0 fully saturated rings. The molecule has 0 aliphatic rings. The summed E-state index contributed by atoms with van der Waals surface area (Å²) in [6.45, 7) is -0.101. The van der Waals surface area contributed by atoms with Gasteiger partial charge in [-0.25, -0.2) is 0 Å². The van der Waals surface area contributed by atoms with Crippen molar-refractivity contribution in [2.24, 2.45) is 5.73 Å². The van der Waals surface area contributed by atoms with Crippen LogP contribution in [0.4, 0.5) is 5.69 Å². The fourth-order valence-electron chi connectivity index (χ4n) is 0.887. The predicted molar refractivity (Wildman–Crippen MR) is 53.9 cm³/mol. The quantitative estimate of drug-likeness (QED) is 0.766. The first kappa shape index (κ1) is 10.5. The molecule has 0 unspecified atom stereocenters. The molecule has 14 heavy (non-hydrogen) atoms. The minimum atomic E-state index is -0.323. The number of nitrogens with two attached hydrogens (primary N) is 1. The summed E-state index contributed by atoms with van der Waals surface area (Å²) in [5.41, 5.74) is 6.02. The van der Waals surface area contributed by atoms with Crippen molar-refractivity contribution in [1.82, 2.24) is 0 Å². The molecule has 0 atom stereocenters. The number of carbonyl (C=O) groups is 1. The van der Waals surface area contributed by atoms with Crippen molar-refractivity contribution in [2.45, 2.75) is 0 Å². The number of carbonyl (C=O) groups excluding carboxylic acids is 1. The number of hydrogen-bond acceptors (Lipinski definition) is 3. The zero-order valence-electron chi connectivity index (χ0n) is 7.25. The van der Waals surface area contributed by atoms with Gasteiger partial charge in [-0.1, -0.05) is 11.6 Å². The van der Waals surface area contributed by atoms with Crippen LogP contribution in [0.3, 0.4) is 0 Å². The van der Waals surface area contributed by atoms with Crippen molar-refractivity contribution in [2.75, 3.05) is 11.9 Å². The second kappa shape index (κ2) is 4.61. The largest absolute Gasteiger partial charge is 0.324 e. The standard InChI is InChI=1S/C9H8ClN3O/c10-7-3-6(4-11)1-2-8(7)13-9(14)5-12/h1-3H,5,12H2,(H,13,14). The third kappa shape index (κ3) is 2.46. The average molecular weight is 210 g/mol. The van der Waals surface area contributed by atoms with Crippen molar-refractivity contribution in [1.29, 1.82) is 5.26 Å². The summed E-state index contributed by atoms with van der Waals surface area (Å²) in [6.07, 6.45) is 0. The van der Waals surface area contributed by atoms with Crippen LogP contribution in [0.2, 0.25) is 5.02 Å². The predicted octanol–water partition coefficient (Wildman–Crippen LogP) is 1.11. The monoisotopic (exact) mass is 209 g/mol. The summed E-state index contributed by atoms with van der Waals surface area (Å²) in [5, 5.41) is 11.4. The Labute approximate surface area is 86.3 Å². The molecule has 0 bridgehead atoms. The molecule has 0 aliphatic heterocycles. The van der Waals surface area contributed by atoms with Gasteiger partial charge in [0.2, 0.25) is 5.91 Å². The van der Waals surface area contributed by atoms with Gasteiger partial charge in [-0.05, 0) is 18.2 Å². The highest BCUT2D eigenvalue weighted by atomic mass is 35.5. The smallest absolute Gasteiger partial charge is 0.238 e. The number of rotatable bonds is 2. The summed E-state index contributed by atoms with van der Waals surface area (Å²) < 4.78 is 0. The second-order valence-corrected chi connectivity index (χ2v) is 2.97. The molecule has 0 heterocycles. The van der Waals surface area contributed by atoms with Gasteiger partial charge in [0.05, 0.1) is 28.9 Å². The van der Waals surface area contributed by atoms with Crippen LogP contribution in [0.15, 0.2) is 18.2 Å². The first-order chi connectivity index (χ1) is 6.67. The molecule has 1 amide bonds. The fraction of sp³-hybridized carbons (Fsp3) is 0.111. The molecule has 1 rings (SSSR count). The number of hydrogen-bond donors (Lipinski definition) is 2. The van der Waals surface area contributed by atoms with Gasteiger partial charge in [-0.2, -0.15) is 5.26 Å². The Hall–Kier alpha value is -1.57. The highest BCUT2D eigenvalue weighted by molar-refractivity contribution is 6.33. The number of nitrogens with one attached hydrogen (secondary N) is 1. The minimum absolute atomic E-state index is 0.101. The first-order valence-corrected chi connectivity index (χ1v) is 4.24. The van der Waals surface area contributed by atoms with Crippen molar-refractivity contribution >= 4 is 23.2 Å². The molecule has 5 heteroatoms. The molecule has 72 valence electrons. The Balaban J connectivity index is 2.90. The maximum atomic E-state index is 10.9. The van der Waals surface area contributed by atoms with E-state index < -0.39 is 0 Å². The van der Waals surface area contributed by atoms with Crippen LogP contribution in [-0.2, 0) is 4.79 Å². The number of nitriles is 1. The molecule has 0 radical (unpaired) electrons. The van der Waals surface area contributed by atoms with Crippen LogP contribution in [-0.4, -0.2) is 12.5 Å². The molecule has 4 nitrogen and oxygen atoms in total. The molecule has 0 saturated carbocycles. The van der Waals surface area contributed by atoms with E-state index in [0.29, 0.717) is 16.3 Å². The van der Waals surface area contributed by atoms with E-state index in [1.54, 1.807) is 12.1 Å². The topological polar surface area (TPSA) is 78.9 Å². The van der Waals surface area contributed by atoms with Crippen molar-refractivity contribution in [3.8, 4) is 6.07 Å². The van der Waals surface area contributed by atoms with E-state index >= 15 is 0 Å². The Morgan fingerprint density at radius 3 is 2.86 bits per heavy atom. The highest BCUT2D eigenvalue weighted by Crippen LogP contribution is 2.22. The van der Waals surface area contributed by atoms with Crippen LogP contribution in [0.25, 0.3) is 0 Å². The molecule has 0 aromatic heterocycles. The number of amides is 1. The third-order valence-corrected chi connectivity index (χ3v) is 1.87. The van der Waals surface area contributed by atoms with Gasteiger partial charge in [0, 0.05) is 0 Å². The van der Waals surface area contributed by atoms with Crippen molar-refractivity contribution in [3.63, 3.8) is 0 Å².